The van der Waals surface area contributed by atoms with Crippen LogP contribution >= 0.6 is 0 Å². The van der Waals surface area contributed by atoms with E-state index < -0.39 is 16.2 Å². The Morgan fingerprint density at radius 2 is 1.95 bits per heavy atom. The fourth-order valence-corrected chi connectivity index (χ4v) is 3.46. The molecule has 6 heteroatoms. The summed E-state index contributed by atoms with van der Waals surface area (Å²) < 4.78 is 28.8. The highest BCUT2D eigenvalue weighted by atomic mass is 32.2. The van der Waals surface area contributed by atoms with Gasteiger partial charge in [0.05, 0.1) is 23.6 Å². The number of hydrogen-bond acceptors (Lipinski definition) is 5. The van der Waals surface area contributed by atoms with Crippen molar-refractivity contribution in [3.05, 3.63) is 29.8 Å². The number of rotatable bonds is 0. The van der Waals surface area contributed by atoms with Crippen molar-refractivity contribution in [2.45, 2.75) is 37.4 Å². The van der Waals surface area contributed by atoms with Gasteiger partial charge in [0.1, 0.15) is 0 Å². The van der Waals surface area contributed by atoms with E-state index in [1.807, 2.05) is 0 Å². The first-order valence-electron chi connectivity index (χ1n) is 5.97. The van der Waals surface area contributed by atoms with E-state index in [-0.39, 0.29) is 25.0 Å². The first-order valence-corrected chi connectivity index (χ1v) is 7.37. The summed E-state index contributed by atoms with van der Waals surface area (Å²) >= 11 is 0. The summed E-state index contributed by atoms with van der Waals surface area (Å²) in [6.45, 7) is 1.49. The Bertz CT molecular complexity index is 540. The summed E-state index contributed by atoms with van der Waals surface area (Å²) in [6, 6.07) is 6.48. The fourth-order valence-electron chi connectivity index (χ4n) is 2.54. The maximum atomic E-state index is 11.9. The van der Waals surface area contributed by atoms with Crippen molar-refractivity contribution in [2.24, 2.45) is 0 Å². The van der Waals surface area contributed by atoms with E-state index in [2.05, 4.69) is 4.90 Å². The summed E-state index contributed by atoms with van der Waals surface area (Å²) in [5.41, 5.74) is 1.05. The summed E-state index contributed by atoms with van der Waals surface area (Å²) in [4.78, 5) is 2.24. The molecule has 5 nitrogen and oxygen atoms in total. The van der Waals surface area contributed by atoms with E-state index >= 15 is 0 Å². The maximum absolute atomic E-state index is 11.9. The van der Waals surface area contributed by atoms with Gasteiger partial charge in [-0.2, -0.15) is 8.42 Å². The minimum Gasteiger partial charge on any atom is -0.391 e. The summed E-state index contributed by atoms with van der Waals surface area (Å²) in [5, 5.41) is 9.88. The van der Waals surface area contributed by atoms with Crippen LogP contribution < -0.4 is 0 Å². The van der Waals surface area contributed by atoms with Crippen molar-refractivity contribution in [3.63, 3.8) is 0 Å². The lowest BCUT2D eigenvalue weighted by molar-refractivity contribution is 0.0778. The quantitative estimate of drug-likeness (QED) is 0.720. The molecule has 4 rings (SSSR count). The van der Waals surface area contributed by atoms with Crippen molar-refractivity contribution in [3.8, 4) is 0 Å². The monoisotopic (exact) mass is 285 g/mol. The zero-order chi connectivity index (χ0) is 12.8. The van der Waals surface area contributed by atoms with Crippen LogP contribution in [0.2, 0.25) is 0 Å². The molecule has 0 amide bonds. The molecule has 3 heterocycles. The third-order valence-electron chi connectivity index (χ3n) is 3.62. The molecule has 3 aliphatic heterocycles. The van der Waals surface area contributed by atoms with Crippen LogP contribution in [0.25, 0.3) is 0 Å². The van der Waals surface area contributed by atoms with Crippen molar-refractivity contribution in [1.82, 2.24) is 4.90 Å². The minimum atomic E-state index is -3.71. The zero-order valence-corrected chi connectivity index (χ0v) is 10.6. The summed E-state index contributed by atoms with van der Waals surface area (Å²) in [5.74, 6) is 0. The van der Waals surface area contributed by atoms with Gasteiger partial charge in [0, 0.05) is 13.1 Å². The summed E-state index contributed by atoms with van der Waals surface area (Å²) in [7, 11) is -3.71. The van der Waals surface area contributed by atoms with E-state index in [4.69, 9.17) is 4.18 Å². The van der Waals surface area contributed by atoms with E-state index in [0.29, 0.717) is 13.0 Å². The number of aliphatic hydroxyl groups excluding tert-OH is 1. The van der Waals surface area contributed by atoms with Crippen molar-refractivity contribution < 1.29 is 17.7 Å². The Morgan fingerprint density at radius 1 is 1.26 bits per heavy atom. The molecule has 1 saturated heterocycles. The SMILES string of the molecule is C.O=S1(=O)OCC2C(O)CCN2Cc2ccc1cc2. The van der Waals surface area contributed by atoms with Crippen LogP contribution in [0, 0.1) is 0 Å². The molecule has 1 N–H and O–H groups in total. The number of hydrogen-bond donors (Lipinski definition) is 1. The predicted octanol–water partition coefficient (Wildman–Crippen LogP) is 0.977. The van der Waals surface area contributed by atoms with Crippen LogP contribution in [0.15, 0.2) is 29.2 Å². The standard InChI is InChI=1S/C12H15NO4S.CH4/c14-12-5-6-13-7-9-1-3-10(4-2-9)18(15,16)17-8-11(12)13;/h1-4,11-12,14H,5-8H2;1H4. The largest absolute Gasteiger partial charge is 0.391 e. The highest BCUT2D eigenvalue weighted by molar-refractivity contribution is 7.86. The molecular formula is C13H19NO4S. The lowest BCUT2D eigenvalue weighted by atomic mass is 10.1. The van der Waals surface area contributed by atoms with E-state index in [1.54, 1.807) is 24.3 Å². The molecule has 0 aliphatic carbocycles. The molecule has 2 unspecified atom stereocenters. The normalized spacial score (nSPS) is 29.5. The van der Waals surface area contributed by atoms with Crippen LogP contribution in [0.5, 0.6) is 0 Å². The van der Waals surface area contributed by atoms with Crippen LogP contribution in [-0.4, -0.2) is 43.7 Å². The van der Waals surface area contributed by atoms with Crippen molar-refractivity contribution in [2.75, 3.05) is 13.2 Å². The fraction of sp³-hybridized carbons (Fsp3) is 0.538. The first kappa shape index (κ1) is 14.5. The molecule has 0 spiro atoms. The Morgan fingerprint density at radius 3 is 2.63 bits per heavy atom. The van der Waals surface area contributed by atoms with Gasteiger partial charge in [-0.1, -0.05) is 19.6 Å². The van der Waals surface area contributed by atoms with Gasteiger partial charge < -0.3 is 5.11 Å². The minimum absolute atomic E-state index is 0. The first-order chi connectivity index (χ1) is 8.56. The second-order valence-corrected chi connectivity index (χ2v) is 6.39. The average molecular weight is 285 g/mol. The predicted molar refractivity (Wildman–Crippen MR) is 71.1 cm³/mol. The highest BCUT2D eigenvalue weighted by Gasteiger charge is 2.35. The molecule has 1 aromatic rings. The lowest BCUT2D eigenvalue weighted by Gasteiger charge is -2.27. The van der Waals surface area contributed by atoms with E-state index in [9.17, 15) is 13.5 Å². The van der Waals surface area contributed by atoms with Crippen LogP contribution in [0.4, 0.5) is 0 Å². The van der Waals surface area contributed by atoms with Gasteiger partial charge in [-0.05, 0) is 24.1 Å². The van der Waals surface area contributed by atoms with Gasteiger partial charge >= 0.3 is 0 Å². The van der Waals surface area contributed by atoms with Gasteiger partial charge in [-0.25, -0.2) is 0 Å². The van der Waals surface area contributed by atoms with Gasteiger partial charge in [-0.15, -0.1) is 0 Å². The molecule has 19 heavy (non-hydrogen) atoms. The molecule has 1 fully saturated rings. The highest BCUT2D eigenvalue weighted by Crippen LogP contribution is 2.25. The van der Waals surface area contributed by atoms with Crippen LogP contribution in [-0.2, 0) is 20.8 Å². The van der Waals surface area contributed by atoms with Crippen molar-refractivity contribution >= 4 is 10.1 Å². The van der Waals surface area contributed by atoms with Gasteiger partial charge in [0.2, 0.25) is 0 Å². The van der Waals surface area contributed by atoms with Gasteiger partial charge in [0.25, 0.3) is 10.1 Å². The average Bonchev–Trinajstić information content (AvgIpc) is 2.69. The Kier molecular flexibility index (Phi) is 3.96. The molecular weight excluding hydrogens is 266 g/mol. The molecule has 0 saturated carbocycles. The van der Waals surface area contributed by atoms with Gasteiger partial charge in [-0.3, -0.25) is 9.08 Å². The van der Waals surface area contributed by atoms with E-state index in [0.717, 1.165) is 12.1 Å². The molecule has 2 atom stereocenters. The number of benzene rings is 1. The molecule has 0 radical (unpaired) electrons. The zero-order valence-electron chi connectivity index (χ0n) is 9.82. The number of nitrogens with zero attached hydrogens (tertiary/aromatic N) is 1. The van der Waals surface area contributed by atoms with Gasteiger partial charge in [0.15, 0.2) is 0 Å². The Labute approximate surface area is 113 Å². The molecule has 0 aromatic heterocycles. The Hall–Kier alpha value is -0.950. The Balaban J connectivity index is 0.00000133. The molecule has 3 aliphatic rings. The topological polar surface area (TPSA) is 66.8 Å². The smallest absolute Gasteiger partial charge is 0.297 e. The van der Waals surface area contributed by atoms with Crippen LogP contribution in [0.1, 0.15) is 19.4 Å². The number of fused-ring (bicyclic) bond motifs is 4. The maximum Gasteiger partial charge on any atom is 0.297 e. The van der Waals surface area contributed by atoms with E-state index in [1.165, 1.54) is 0 Å². The molecule has 106 valence electrons. The number of aliphatic hydroxyl groups is 1. The van der Waals surface area contributed by atoms with Crippen LogP contribution in [0.3, 0.4) is 0 Å². The molecule has 2 bridgehead atoms. The third-order valence-corrected chi connectivity index (χ3v) is 4.91. The lowest BCUT2D eigenvalue weighted by Crippen LogP contribution is -2.39. The second kappa shape index (κ2) is 5.20. The third kappa shape index (κ3) is 2.67. The summed E-state index contributed by atoms with van der Waals surface area (Å²) in [6.07, 6.45) is 0.141. The van der Waals surface area contributed by atoms with Crippen molar-refractivity contribution in [1.29, 1.82) is 0 Å². The second-order valence-electron chi connectivity index (χ2n) is 4.78. The molecule has 1 aromatic carbocycles.